The van der Waals surface area contributed by atoms with Gasteiger partial charge in [0.2, 0.25) is 0 Å². The monoisotopic (exact) mass is 583 g/mol. The summed E-state index contributed by atoms with van der Waals surface area (Å²) in [5.74, 6) is 0.0392. The Kier molecular flexibility index (Phi) is 8.34. The van der Waals surface area contributed by atoms with Crippen LogP contribution in [0.1, 0.15) is 39.3 Å². The van der Waals surface area contributed by atoms with Crippen LogP contribution in [0.25, 0.3) is 0 Å². The quantitative estimate of drug-likeness (QED) is 0.230. The molecule has 4 aromatic rings. The summed E-state index contributed by atoms with van der Waals surface area (Å²) >= 11 is 19.7. The van der Waals surface area contributed by atoms with Crippen LogP contribution in [0.15, 0.2) is 78.2 Å². The first-order valence-electron chi connectivity index (χ1n) is 12.2. The average Bonchev–Trinajstić information content (AvgIpc) is 3.40. The molecule has 1 aliphatic rings. The fourth-order valence-electron chi connectivity index (χ4n) is 4.60. The first kappa shape index (κ1) is 26.7. The van der Waals surface area contributed by atoms with Crippen molar-refractivity contribution < 1.29 is 9.59 Å². The maximum Gasteiger partial charge on any atom is 0.273 e. The van der Waals surface area contributed by atoms with Crippen molar-refractivity contribution in [1.82, 2.24) is 9.88 Å². The van der Waals surface area contributed by atoms with Gasteiger partial charge in [-0.2, -0.15) is 0 Å². The molecule has 0 unspecified atom stereocenters. The molecule has 3 aromatic carbocycles. The summed E-state index contributed by atoms with van der Waals surface area (Å²) in [6.45, 7) is 1.37. The van der Waals surface area contributed by atoms with E-state index < -0.39 is 0 Å². The Balaban J connectivity index is 1.34. The van der Waals surface area contributed by atoms with Crippen molar-refractivity contribution in [3.05, 3.63) is 110 Å². The zero-order valence-electron chi connectivity index (χ0n) is 20.3. The summed E-state index contributed by atoms with van der Waals surface area (Å²) in [6, 6.07) is 22.0. The second-order valence-corrected chi connectivity index (χ2v) is 11.3. The van der Waals surface area contributed by atoms with Crippen LogP contribution in [-0.2, 0) is 6.42 Å². The van der Waals surface area contributed by atoms with E-state index in [1.807, 2.05) is 11.0 Å². The molecule has 5 rings (SSSR count). The number of hydrogen-bond donors (Lipinski definition) is 0. The first-order chi connectivity index (χ1) is 18.4. The van der Waals surface area contributed by atoms with Crippen molar-refractivity contribution in [2.45, 2.75) is 19.3 Å². The second kappa shape index (κ2) is 11.9. The molecule has 0 saturated carbocycles. The van der Waals surface area contributed by atoms with Gasteiger partial charge in [-0.15, -0.1) is 11.3 Å². The van der Waals surface area contributed by atoms with Crippen LogP contribution in [0.2, 0.25) is 15.1 Å². The number of rotatable bonds is 6. The number of carbonyl (C=O) groups is 2. The molecule has 5 nitrogen and oxygen atoms in total. The summed E-state index contributed by atoms with van der Waals surface area (Å²) < 4.78 is 0. The van der Waals surface area contributed by atoms with Gasteiger partial charge < -0.3 is 4.90 Å². The third-order valence-electron chi connectivity index (χ3n) is 6.62. The van der Waals surface area contributed by atoms with Crippen molar-refractivity contribution in [2.75, 3.05) is 18.0 Å². The van der Waals surface area contributed by atoms with E-state index in [9.17, 15) is 9.59 Å². The number of likely N-dealkylation sites (tertiary alicyclic amines) is 1. The molecular weight excluding hydrogens is 561 g/mol. The largest absolute Gasteiger partial charge is 0.337 e. The molecule has 0 radical (unpaired) electrons. The zero-order valence-corrected chi connectivity index (χ0v) is 23.4. The fourth-order valence-corrected chi connectivity index (χ4v) is 6.03. The number of anilines is 2. The molecule has 0 aliphatic carbocycles. The molecule has 0 N–H and O–H groups in total. The molecule has 1 saturated heterocycles. The van der Waals surface area contributed by atoms with Crippen LogP contribution < -0.4 is 4.90 Å². The SMILES string of the molecule is O=C(c1csc(N(C(=O)c2ccc(Cl)cc2Cl)c2ccc(Cl)cc2)n1)N1CCC(Cc2ccccc2)CC1. The Bertz CT molecular complexity index is 1440. The minimum absolute atomic E-state index is 0.126. The number of thiazole rings is 1. The Morgan fingerprint density at radius 3 is 2.29 bits per heavy atom. The van der Waals surface area contributed by atoms with E-state index in [0.717, 1.165) is 19.3 Å². The topological polar surface area (TPSA) is 53.5 Å². The number of hydrogen-bond acceptors (Lipinski definition) is 4. The van der Waals surface area contributed by atoms with Gasteiger partial charge >= 0.3 is 0 Å². The molecule has 9 heteroatoms. The fraction of sp³-hybridized carbons (Fsp3) is 0.207. The van der Waals surface area contributed by atoms with Crippen molar-refractivity contribution in [1.29, 1.82) is 0 Å². The summed E-state index contributed by atoms with van der Waals surface area (Å²) in [5.41, 5.74) is 2.48. The van der Waals surface area contributed by atoms with Crippen LogP contribution in [0.4, 0.5) is 10.8 Å². The lowest BCUT2D eigenvalue weighted by Gasteiger charge is -2.31. The third-order valence-corrected chi connectivity index (χ3v) is 8.25. The molecule has 2 amide bonds. The molecule has 194 valence electrons. The smallest absolute Gasteiger partial charge is 0.273 e. The highest BCUT2D eigenvalue weighted by molar-refractivity contribution is 7.14. The minimum atomic E-state index is -0.385. The van der Waals surface area contributed by atoms with Crippen LogP contribution in [0.3, 0.4) is 0 Å². The summed E-state index contributed by atoms with van der Waals surface area (Å²) in [7, 11) is 0. The molecule has 0 bridgehead atoms. The standard InChI is InChI=1S/C29H24Cl3N3O2S/c30-21-6-9-23(10-7-21)35(27(36)24-11-8-22(31)17-25(24)32)29-33-26(18-38-29)28(37)34-14-12-20(13-15-34)16-19-4-2-1-3-5-19/h1-11,17-18,20H,12-16H2. The Morgan fingerprint density at radius 1 is 0.921 bits per heavy atom. The number of benzene rings is 3. The van der Waals surface area contributed by atoms with Crippen molar-refractivity contribution in [2.24, 2.45) is 5.92 Å². The number of aromatic nitrogens is 1. The second-order valence-electron chi connectivity index (χ2n) is 9.18. The van der Waals surface area contributed by atoms with Crippen molar-refractivity contribution >= 4 is 68.8 Å². The highest BCUT2D eigenvalue weighted by Gasteiger charge is 2.29. The van der Waals surface area contributed by atoms with Gasteiger partial charge in [0.15, 0.2) is 5.13 Å². The minimum Gasteiger partial charge on any atom is -0.337 e. The Hall–Kier alpha value is -2.90. The molecule has 0 spiro atoms. The maximum absolute atomic E-state index is 13.7. The van der Waals surface area contributed by atoms with E-state index >= 15 is 0 Å². The van der Waals surface area contributed by atoms with Crippen LogP contribution in [0, 0.1) is 5.92 Å². The maximum atomic E-state index is 13.7. The number of halogens is 3. The molecule has 1 aromatic heterocycles. The summed E-state index contributed by atoms with van der Waals surface area (Å²) in [4.78, 5) is 34.9. The van der Waals surface area contributed by atoms with E-state index in [2.05, 4.69) is 29.2 Å². The summed E-state index contributed by atoms with van der Waals surface area (Å²) in [6.07, 6.45) is 2.92. The summed E-state index contributed by atoms with van der Waals surface area (Å²) in [5, 5.41) is 3.27. The predicted octanol–water partition coefficient (Wildman–Crippen LogP) is 8.18. The first-order valence-corrected chi connectivity index (χ1v) is 14.2. The van der Waals surface area contributed by atoms with Crippen molar-refractivity contribution in [3.8, 4) is 0 Å². The van der Waals surface area contributed by atoms with Gasteiger partial charge in [0, 0.05) is 28.5 Å². The van der Waals surface area contributed by atoms with Gasteiger partial charge in [-0.1, -0.05) is 65.1 Å². The number of nitrogens with zero attached hydrogens (tertiary/aromatic N) is 3. The molecule has 2 heterocycles. The zero-order chi connectivity index (χ0) is 26.6. The van der Waals surface area contributed by atoms with Gasteiger partial charge in [-0.3, -0.25) is 14.5 Å². The molecule has 1 aliphatic heterocycles. The number of piperidine rings is 1. The Labute approximate surface area is 240 Å². The van der Waals surface area contributed by atoms with E-state index in [4.69, 9.17) is 34.8 Å². The molecule has 1 fully saturated rings. The lowest BCUT2D eigenvalue weighted by atomic mass is 9.90. The van der Waals surface area contributed by atoms with E-state index in [0.29, 0.717) is 45.6 Å². The van der Waals surface area contributed by atoms with Crippen LogP contribution in [0.5, 0.6) is 0 Å². The van der Waals surface area contributed by atoms with E-state index in [1.54, 1.807) is 41.8 Å². The lowest BCUT2D eigenvalue weighted by molar-refractivity contribution is 0.0685. The van der Waals surface area contributed by atoms with Crippen molar-refractivity contribution in [3.63, 3.8) is 0 Å². The van der Waals surface area contributed by atoms with Gasteiger partial charge in [0.1, 0.15) is 5.69 Å². The molecular formula is C29H24Cl3N3O2S. The normalized spacial score (nSPS) is 13.9. The van der Waals surface area contributed by atoms with Crippen LogP contribution in [-0.4, -0.2) is 34.8 Å². The van der Waals surface area contributed by atoms with E-state index in [1.165, 1.54) is 27.9 Å². The van der Waals surface area contributed by atoms with Gasteiger partial charge in [-0.25, -0.2) is 4.98 Å². The van der Waals surface area contributed by atoms with Crippen LogP contribution >= 0.6 is 46.1 Å². The lowest BCUT2D eigenvalue weighted by Crippen LogP contribution is -2.39. The Morgan fingerprint density at radius 2 is 1.61 bits per heavy atom. The third kappa shape index (κ3) is 6.05. The van der Waals surface area contributed by atoms with E-state index in [-0.39, 0.29) is 22.4 Å². The highest BCUT2D eigenvalue weighted by Crippen LogP contribution is 2.34. The highest BCUT2D eigenvalue weighted by atomic mass is 35.5. The molecule has 38 heavy (non-hydrogen) atoms. The molecule has 0 atom stereocenters. The predicted molar refractivity (Wildman–Crippen MR) is 155 cm³/mol. The van der Waals surface area contributed by atoms with Gasteiger partial charge in [0.25, 0.3) is 11.8 Å². The average molecular weight is 585 g/mol. The van der Waals surface area contributed by atoms with Gasteiger partial charge in [0.05, 0.1) is 16.3 Å². The number of amides is 2. The number of carbonyl (C=O) groups excluding carboxylic acids is 2. The van der Waals surface area contributed by atoms with Gasteiger partial charge in [-0.05, 0) is 73.2 Å².